The Morgan fingerprint density at radius 2 is 1.78 bits per heavy atom. The van der Waals surface area contributed by atoms with E-state index in [2.05, 4.69) is 5.32 Å². The lowest BCUT2D eigenvalue weighted by Gasteiger charge is -2.20. The number of imide groups is 1. The number of nitrogens with zero attached hydrogens (tertiary/aromatic N) is 1. The molecule has 0 aromatic heterocycles. The summed E-state index contributed by atoms with van der Waals surface area (Å²) in [5.41, 5.74) is 8.10. The van der Waals surface area contributed by atoms with E-state index in [-0.39, 0.29) is 6.54 Å². The summed E-state index contributed by atoms with van der Waals surface area (Å²) in [5, 5.41) is 2.51. The van der Waals surface area contributed by atoms with Crippen LogP contribution in [0.5, 0.6) is 0 Å². The Hall–Kier alpha value is -2.89. The number of primary amides is 1. The van der Waals surface area contributed by atoms with Gasteiger partial charge in [0.2, 0.25) is 0 Å². The van der Waals surface area contributed by atoms with Crippen molar-refractivity contribution in [3.8, 4) is 0 Å². The average molecular weight is 315 g/mol. The molecule has 0 heterocycles. The van der Waals surface area contributed by atoms with Crippen LogP contribution in [0.2, 0.25) is 0 Å². The molecule has 4 amide bonds. The molecule has 5 nitrogen and oxygen atoms in total. The van der Waals surface area contributed by atoms with Gasteiger partial charge in [-0.1, -0.05) is 35.9 Å². The largest absolute Gasteiger partial charge is 0.351 e. The van der Waals surface area contributed by atoms with E-state index < -0.39 is 17.9 Å². The van der Waals surface area contributed by atoms with Gasteiger partial charge in [-0.3, -0.25) is 0 Å². The van der Waals surface area contributed by atoms with E-state index in [1.165, 1.54) is 12.1 Å². The normalized spacial score (nSPS) is 10.2. The minimum Gasteiger partial charge on any atom is -0.351 e. The summed E-state index contributed by atoms with van der Waals surface area (Å²) in [6.45, 7) is 3.70. The monoisotopic (exact) mass is 315 g/mol. The Labute approximate surface area is 133 Å². The molecule has 0 saturated carbocycles. The van der Waals surface area contributed by atoms with E-state index in [0.717, 1.165) is 16.0 Å². The second-order valence-corrected chi connectivity index (χ2v) is 5.30. The van der Waals surface area contributed by atoms with E-state index in [1.54, 1.807) is 13.0 Å². The van der Waals surface area contributed by atoms with Crippen LogP contribution in [0.4, 0.5) is 19.7 Å². The van der Waals surface area contributed by atoms with E-state index in [9.17, 15) is 14.0 Å². The molecule has 0 aliphatic carbocycles. The molecule has 0 fully saturated rings. The van der Waals surface area contributed by atoms with Crippen molar-refractivity contribution >= 4 is 17.7 Å². The fourth-order valence-electron chi connectivity index (χ4n) is 2.04. The van der Waals surface area contributed by atoms with E-state index in [0.29, 0.717) is 11.3 Å². The summed E-state index contributed by atoms with van der Waals surface area (Å²) in [4.78, 5) is 24.7. The van der Waals surface area contributed by atoms with Crippen molar-refractivity contribution in [2.24, 2.45) is 5.73 Å². The number of halogens is 1. The highest BCUT2D eigenvalue weighted by Crippen LogP contribution is 2.17. The number of hydrogen-bond donors (Lipinski definition) is 2. The highest BCUT2D eigenvalue weighted by molar-refractivity contribution is 6.00. The minimum atomic E-state index is -0.878. The molecular weight excluding hydrogens is 297 g/mol. The molecule has 0 atom stereocenters. The smallest absolute Gasteiger partial charge is 0.330 e. The van der Waals surface area contributed by atoms with Crippen molar-refractivity contribution in [2.45, 2.75) is 20.4 Å². The number of hydrogen-bond acceptors (Lipinski definition) is 2. The molecule has 2 aromatic carbocycles. The Balaban J connectivity index is 2.17. The fraction of sp³-hybridized carbons (Fsp3) is 0.176. The van der Waals surface area contributed by atoms with Gasteiger partial charge in [0, 0.05) is 5.69 Å². The van der Waals surface area contributed by atoms with Crippen LogP contribution in [0.1, 0.15) is 16.7 Å². The summed E-state index contributed by atoms with van der Waals surface area (Å²) in [6.07, 6.45) is 0. The maximum atomic E-state index is 13.3. The van der Waals surface area contributed by atoms with E-state index in [4.69, 9.17) is 5.73 Å². The van der Waals surface area contributed by atoms with Gasteiger partial charge in [-0.25, -0.2) is 18.9 Å². The first-order valence-electron chi connectivity index (χ1n) is 7.06. The minimum absolute atomic E-state index is 0.0375. The van der Waals surface area contributed by atoms with Crippen LogP contribution in [0.15, 0.2) is 42.5 Å². The second kappa shape index (κ2) is 6.91. The van der Waals surface area contributed by atoms with Crippen molar-refractivity contribution in [1.82, 2.24) is 4.90 Å². The van der Waals surface area contributed by atoms with Crippen LogP contribution < -0.4 is 11.1 Å². The zero-order valence-electron chi connectivity index (χ0n) is 13.0. The van der Waals surface area contributed by atoms with Crippen LogP contribution in [-0.2, 0) is 6.54 Å². The van der Waals surface area contributed by atoms with Crippen LogP contribution in [0.25, 0.3) is 0 Å². The predicted molar refractivity (Wildman–Crippen MR) is 86.5 cm³/mol. The lowest BCUT2D eigenvalue weighted by Crippen LogP contribution is -2.42. The average Bonchev–Trinajstić information content (AvgIpc) is 2.50. The Morgan fingerprint density at radius 3 is 2.39 bits per heavy atom. The molecule has 3 N–H and O–H groups in total. The predicted octanol–water partition coefficient (Wildman–Crippen LogP) is 3.56. The van der Waals surface area contributed by atoms with Gasteiger partial charge < -0.3 is 11.1 Å². The lowest BCUT2D eigenvalue weighted by molar-refractivity contribution is 0.198. The topological polar surface area (TPSA) is 75.4 Å². The Morgan fingerprint density at radius 1 is 1.13 bits per heavy atom. The number of amides is 4. The molecule has 0 bridgehead atoms. The SMILES string of the molecule is Cc1ccc(CN(C(N)=O)C(=O)Nc2cc(F)ccc2C)cc1. The highest BCUT2D eigenvalue weighted by atomic mass is 19.1. The number of anilines is 1. The molecule has 0 unspecified atom stereocenters. The summed E-state index contributed by atoms with van der Waals surface area (Å²) < 4.78 is 13.3. The molecule has 23 heavy (non-hydrogen) atoms. The third-order valence-corrected chi connectivity index (χ3v) is 3.41. The van der Waals surface area contributed by atoms with Crippen LogP contribution >= 0.6 is 0 Å². The molecule has 0 aliphatic heterocycles. The van der Waals surface area contributed by atoms with Crippen molar-refractivity contribution in [3.63, 3.8) is 0 Å². The van der Waals surface area contributed by atoms with E-state index in [1.807, 2.05) is 31.2 Å². The van der Waals surface area contributed by atoms with Crippen LogP contribution in [0.3, 0.4) is 0 Å². The quantitative estimate of drug-likeness (QED) is 0.908. The molecule has 0 spiro atoms. The lowest BCUT2D eigenvalue weighted by atomic mass is 10.1. The summed E-state index contributed by atoms with van der Waals surface area (Å²) in [7, 11) is 0. The molecule has 0 radical (unpaired) electrons. The maximum Gasteiger partial charge on any atom is 0.330 e. The van der Waals surface area contributed by atoms with Crippen molar-refractivity contribution in [3.05, 3.63) is 65.0 Å². The standard InChI is InChI=1S/C17H18FN3O2/c1-11-3-6-13(7-4-11)10-21(16(19)22)17(23)20-15-9-14(18)8-5-12(15)2/h3-9H,10H2,1-2H3,(H2,19,22)(H,20,23). The molecule has 2 rings (SSSR count). The first-order valence-corrected chi connectivity index (χ1v) is 7.06. The second-order valence-electron chi connectivity index (χ2n) is 5.30. The third kappa shape index (κ3) is 4.29. The first-order chi connectivity index (χ1) is 10.9. The van der Waals surface area contributed by atoms with Gasteiger partial charge in [0.05, 0.1) is 6.54 Å². The fourth-order valence-corrected chi connectivity index (χ4v) is 2.04. The van der Waals surface area contributed by atoms with Crippen molar-refractivity contribution < 1.29 is 14.0 Å². The Bertz CT molecular complexity index is 729. The van der Waals surface area contributed by atoms with Gasteiger partial charge in [0.1, 0.15) is 5.82 Å². The number of benzene rings is 2. The highest BCUT2D eigenvalue weighted by Gasteiger charge is 2.20. The molecule has 120 valence electrons. The summed E-state index contributed by atoms with van der Waals surface area (Å²) in [5.74, 6) is -0.477. The first kappa shape index (κ1) is 16.5. The molecule has 2 aromatic rings. The van der Waals surface area contributed by atoms with Crippen LogP contribution in [0, 0.1) is 19.7 Å². The number of nitrogens with one attached hydrogen (secondary N) is 1. The van der Waals surface area contributed by atoms with Gasteiger partial charge in [0.15, 0.2) is 0 Å². The van der Waals surface area contributed by atoms with Crippen LogP contribution in [-0.4, -0.2) is 17.0 Å². The van der Waals surface area contributed by atoms with Gasteiger partial charge in [-0.15, -0.1) is 0 Å². The van der Waals surface area contributed by atoms with E-state index >= 15 is 0 Å². The van der Waals surface area contributed by atoms with Gasteiger partial charge in [0.25, 0.3) is 0 Å². The number of urea groups is 2. The molecular formula is C17H18FN3O2. The maximum absolute atomic E-state index is 13.3. The number of aryl methyl sites for hydroxylation is 2. The third-order valence-electron chi connectivity index (χ3n) is 3.41. The van der Waals surface area contributed by atoms with Gasteiger partial charge >= 0.3 is 12.1 Å². The summed E-state index contributed by atoms with van der Waals surface area (Å²) in [6, 6.07) is 9.83. The number of carbonyl (C=O) groups is 2. The zero-order valence-corrected chi connectivity index (χ0v) is 13.0. The summed E-state index contributed by atoms with van der Waals surface area (Å²) >= 11 is 0. The van der Waals surface area contributed by atoms with Gasteiger partial charge in [-0.2, -0.15) is 0 Å². The number of rotatable bonds is 3. The molecule has 6 heteroatoms. The number of carbonyl (C=O) groups excluding carboxylic acids is 2. The molecule has 0 saturated heterocycles. The molecule has 0 aliphatic rings. The van der Waals surface area contributed by atoms with Gasteiger partial charge in [-0.05, 0) is 37.1 Å². The van der Waals surface area contributed by atoms with Crippen molar-refractivity contribution in [2.75, 3.05) is 5.32 Å². The zero-order chi connectivity index (χ0) is 17.0. The Kier molecular flexibility index (Phi) is 4.95. The number of nitrogens with two attached hydrogens (primary N) is 1. The van der Waals surface area contributed by atoms with Crippen molar-refractivity contribution in [1.29, 1.82) is 0 Å².